The molecule has 8 heteroatoms. The van der Waals surface area contributed by atoms with Gasteiger partial charge in [0.2, 0.25) is 6.79 Å². The molecule has 1 saturated heterocycles. The fourth-order valence-electron chi connectivity index (χ4n) is 5.14. The van der Waals surface area contributed by atoms with Gasteiger partial charge in [-0.05, 0) is 66.1 Å². The van der Waals surface area contributed by atoms with Crippen molar-refractivity contribution >= 4 is 17.4 Å². The first-order valence-corrected chi connectivity index (χ1v) is 12.0. The van der Waals surface area contributed by atoms with E-state index < -0.39 is 17.7 Å². The Morgan fingerprint density at radius 3 is 2.54 bits per heavy atom. The Kier molecular flexibility index (Phi) is 5.52. The Morgan fingerprint density at radius 2 is 1.76 bits per heavy atom. The van der Waals surface area contributed by atoms with Crippen LogP contribution in [0.3, 0.4) is 0 Å². The SMILES string of the molecule is COc1ccc(C2/C(=C(/O)c3ccc4c(c3)CC(C)O4)C(=O)C(=O)N2Cc2ccc3c(c2)OCO3)cc1. The molecule has 0 saturated carbocycles. The van der Waals surface area contributed by atoms with Crippen LogP contribution in [0.25, 0.3) is 5.76 Å². The van der Waals surface area contributed by atoms with E-state index in [0.717, 1.165) is 16.9 Å². The average molecular weight is 500 g/mol. The Morgan fingerprint density at radius 1 is 1.00 bits per heavy atom. The number of carbonyl (C=O) groups excluding carboxylic acids is 2. The second kappa shape index (κ2) is 8.89. The van der Waals surface area contributed by atoms with Crippen LogP contribution >= 0.6 is 0 Å². The summed E-state index contributed by atoms with van der Waals surface area (Å²) in [7, 11) is 1.57. The molecule has 0 aromatic heterocycles. The molecule has 2 unspecified atom stereocenters. The number of amides is 1. The molecule has 0 bridgehead atoms. The summed E-state index contributed by atoms with van der Waals surface area (Å²) in [6.45, 7) is 2.26. The number of hydrogen-bond donors (Lipinski definition) is 1. The third-order valence-electron chi connectivity index (χ3n) is 6.93. The molecular formula is C29H25NO7. The van der Waals surface area contributed by atoms with Crippen LogP contribution in [0.4, 0.5) is 0 Å². The number of fused-ring (bicyclic) bond motifs is 2. The van der Waals surface area contributed by atoms with Crippen LogP contribution in [0.2, 0.25) is 0 Å². The Labute approximate surface area is 213 Å². The molecule has 0 spiro atoms. The first-order valence-electron chi connectivity index (χ1n) is 12.0. The van der Waals surface area contributed by atoms with E-state index in [0.29, 0.717) is 34.8 Å². The first-order chi connectivity index (χ1) is 17.9. The van der Waals surface area contributed by atoms with Gasteiger partial charge in [0.1, 0.15) is 23.4 Å². The van der Waals surface area contributed by atoms with Crippen molar-refractivity contribution in [3.63, 3.8) is 0 Å². The fraction of sp³-hybridized carbons (Fsp3) is 0.241. The maximum atomic E-state index is 13.4. The van der Waals surface area contributed by atoms with Crippen molar-refractivity contribution in [1.29, 1.82) is 0 Å². The van der Waals surface area contributed by atoms with Crippen LogP contribution < -0.4 is 18.9 Å². The predicted molar refractivity (Wildman–Crippen MR) is 134 cm³/mol. The number of nitrogens with zero attached hydrogens (tertiary/aromatic N) is 1. The van der Waals surface area contributed by atoms with E-state index >= 15 is 0 Å². The zero-order valence-corrected chi connectivity index (χ0v) is 20.4. The molecule has 3 aliphatic heterocycles. The highest BCUT2D eigenvalue weighted by Crippen LogP contribution is 2.42. The molecule has 0 radical (unpaired) electrons. The molecule has 3 aromatic carbocycles. The number of ether oxygens (including phenoxy) is 4. The number of aliphatic hydroxyl groups excluding tert-OH is 1. The molecule has 1 fully saturated rings. The Balaban J connectivity index is 1.44. The second-order valence-corrected chi connectivity index (χ2v) is 9.34. The highest BCUT2D eigenvalue weighted by Gasteiger charge is 2.46. The number of hydrogen-bond acceptors (Lipinski definition) is 7. The lowest BCUT2D eigenvalue weighted by Gasteiger charge is -2.25. The highest BCUT2D eigenvalue weighted by molar-refractivity contribution is 6.46. The van der Waals surface area contributed by atoms with Crippen LogP contribution in [0, 0.1) is 0 Å². The minimum atomic E-state index is -0.792. The van der Waals surface area contributed by atoms with E-state index in [4.69, 9.17) is 18.9 Å². The standard InChI is InChI=1S/C29H25NO7/c1-16-11-20-13-19(6-10-22(20)37-16)27(31)25-26(18-4-7-21(34-2)8-5-18)30(29(33)28(25)32)14-17-3-9-23-24(12-17)36-15-35-23/h3-10,12-13,16,26,31H,11,14-15H2,1-2H3/b27-25-. The lowest BCUT2D eigenvalue weighted by molar-refractivity contribution is -0.140. The fourth-order valence-corrected chi connectivity index (χ4v) is 5.14. The van der Waals surface area contributed by atoms with Crippen molar-refractivity contribution in [3.8, 4) is 23.0 Å². The topological polar surface area (TPSA) is 94.5 Å². The molecular weight excluding hydrogens is 474 g/mol. The molecule has 1 amide bonds. The number of ketones is 1. The van der Waals surface area contributed by atoms with E-state index in [2.05, 4.69) is 0 Å². The summed E-state index contributed by atoms with van der Waals surface area (Å²) in [4.78, 5) is 28.2. The van der Waals surface area contributed by atoms with Gasteiger partial charge in [-0.15, -0.1) is 0 Å². The van der Waals surface area contributed by atoms with E-state index in [9.17, 15) is 14.7 Å². The van der Waals surface area contributed by atoms with Crippen molar-refractivity contribution in [2.24, 2.45) is 0 Å². The number of rotatable bonds is 5. The third-order valence-corrected chi connectivity index (χ3v) is 6.93. The van der Waals surface area contributed by atoms with Crippen molar-refractivity contribution in [2.45, 2.75) is 32.0 Å². The van der Waals surface area contributed by atoms with Gasteiger partial charge in [0.15, 0.2) is 11.5 Å². The summed E-state index contributed by atoms with van der Waals surface area (Å²) < 4.78 is 21.9. The largest absolute Gasteiger partial charge is 0.507 e. The second-order valence-electron chi connectivity index (χ2n) is 9.34. The van der Waals surface area contributed by atoms with Crippen molar-refractivity contribution < 1.29 is 33.6 Å². The lowest BCUT2D eigenvalue weighted by atomic mass is 9.94. The van der Waals surface area contributed by atoms with Crippen molar-refractivity contribution in [1.82, 2.24) is 4.90 Å². The molecule has 6 rings (SSSR count). The lowest BCUT2D eigenvalue weighted by Crippen LogP contribution is -2.29. The van der Waals surface area contributed by atoms with Gasteiger partial charge >= 0.3 is 0 Å². The molecule has 3 aromatic rings. The summed E-state index contributed by atoms with van der Waals surface area (Å²) in [5, 5.41) is 11.4. The van der Waals surface area contributed by atoms with Gasteiger partial charge in [0.05, 0.1) is 18.7 Å². The van der Waals surface area contributed by atoms with Gasteiger partial charge in [-0.1, -0.05) is 18.2 Å². The number of benzene rings is 3. The third kappa shape index (κ3) is 3.94. The molecule has 0 aliphatic carbocycles. The smallest absolute Gasteiger partial charge is 0.295 e. The number of aliphatic hydroxyl groups is 1. The molecule has 188 valence electrons. The maximum Gasteiger partial charge on any atom is 0.295 e. The van der Waals surface area contributed by atoms with Crippen LogP contribution in [0.5, 0.6) is 23.0 Å². The molecule has 2 atom stereocenters. The average Bonchev–Trinajstić information content (AvgIpc) is 3.59. The van der Waals surface area contributed by atoms with Crippen LogP contribution in [0.15, 0.2) is 66.2 Å². The highest BCUT2D eigenvalue weighted by atomic mass is 16.7. The van der Waals surface area contributed by atoms with Crippen molar-refractivity contribution in [2.75, 3.05) is 13.9 Å². The minimum Gasteiger partial charge on any atom is -0.507 e. The molecule has 3 aliphatic rings. The summed E-state index contributed by atoms with van der Waals surface area (Å²) in [6.07, 6.45) is 0.746. The maximum absolute atomic E-state index is 13.4. The van der Waals surface area contributed by atoms with Gasteiger partial charge in [-0.25, -0.2) is 0 Å². The van der Waals surface area contributed by atoms with E-state index in [1.807, 2.05) is 19.1 Å². The van der Waals surface area contributed by atoms with Crippen molar-refractivity contribution in [3.05, 3.63) is 88.5 Å². The summed E-state index contributed by atoms with van der Waals surface area (Å²) in [6, 6.07) is 17.1. The zero-order valence-electron chi connectivity index (χ0n) is 20.4. The number of likely N-dealkylation sites (tertiary alicyclic amines) is 1. The van der Waals surface area contributed by atoms with Gasteiger partial charge in [0.25, 0.3) is 11.7 Å². The van der Waals surface area contributed by atoms with E-state index in [1.54, 1.807) is 55.6 Å². The summed E-state index contributed by atoms with van der Waals surface area (Å²) in [5.74, 6) is 0.998. The molecule has 8 nitrogen and oxygen atoms in total. The number of carbonyl (C=O) groups is 2. The number of Topliss-reactive ketones (excluding diaryl/α,β-unsaturated/α-hetero) is 1. The normalized spacial score (nSPS) is 21.2. The number of methoxy groups -OCH3 is 1. The molecule has 37 heavy (non-hydrogen) atoms. The van der Waals surface area contributed by atoms with Crippen LogP contribution in [0.1, 0.15) is 35.2 Å². The Hall–Kier alpha value is -4.46. The van der Waals surface area contributed by atoms with Gasteiger partial charge < -0.3 is 29.0 Å². The van der Waals surface area contributed by atoms with Gasteiger partial charge in [-0.3, -0.25) is 9.59 Å². The zero-order chi connectivity index (χ0) is 25.7. The molecule has 1 N–H and O–H groups in total. The van der Waals surface area contributed by atoms with Gasteiger partial charge in [-0.2, -0.15) is 0 Å². The first kappa shape index (κ1) is 23.0. The quantitative estimate of drug-likeness (QED) is 0.317. The van der Waals surface area contributed by atoms with Gasteiger partial charge in [0, 0.05) is 18.5 Å². The van der Waals surface area contributed by atoms with E-state index in [1.165, 1.54) is 4.90 Å². The predicted octanol–water partition coefficient (Wildman–Crippen LogP) is 4.37. The summed E-state index contributed by atoms with van der Waals surface area (Å²) >= 11 is 0. The monoisotopic (exact) mass is 499 g/mol. The van der Waals surface area contributed by atoms with E-state index in [-0.39, 0.29) is 30.8 Å². The Bertz CT molecular complexity index is 1440. The van der Waals surface area contributed by atoms with Crippen LogP contribution in [-0.2, 0) is 22.6 Å². The molecule has 3 heterocycles. The van der Waals surface area contributed by atoms with Crippen LogP contribution in [-0.4, -0.2) is 41.7 Å². The minimum absolute atomic E-state index is 0.0407. The summed E-state index contributed by atoms with van der Waals surface area (Å²) in [5.41, 5.74) is 2.92.